The average molecular weight is 345 g/mol. The number of hydrogen-bond acceptors (Lipinski definition) is 4. The number of aryl methyl sites for hydroxylation is 1. The van der Waals surface area contributed by atoms with Crippen LogP contribution in [0.15, 0.2) is 24.3 Å². The Morgan fingerprint density at radius 2 is 1.88 bits per heavy atom. The number of carbonyl (C=O) groups excluding carboxylic acids is 1. The van der Waals surface area contributed by atoms with Gasteiger partial charge in [0.25, 0.3) is 0 Å². The van der Waals surface area contributed by atoms with Gasteiger partial charge in [0, 0.05) is 37.4 Å². The van der Waals surface area contributed by atoms with Gasteiger partial charge in [-0.25, -0.2) is 0 Å². The summed E-state index contributed by atoms with van der Waals surface area (Å²) in [5.74, 6) is 0.117. The highest BCUT2D eigenvalue weighted by Crippen LogP contribution is 2.30. The van der Waals surface area contributed by atoms with E-state index in [1.807, 2.05) is 24.3 Å². The number of nitrogens with zero attached hydrogens (tertiary/aromatic N) is 1. The van der Waals surface area contributed by atoms with Gasteiger partial charge in [0.1, 0.15) is 0 Å². The van der Waals surface area contributed by atoms with Crippen LogP contribution >= 0.6 is 0 Å². The van der Waals surface area contributed by atoms with E-state index in [2.05, 4.69) is 10.2 Å². The predicted octanol–water partition coefficient (Wildman–Crippen LogP) is 2.35. The predicted molar refractivity (Wildman–Crippen MR) is 100 cm³/mol. The van der Waals surface area contributed by atoms with Gasteiger partial charge in [0.15, 0.2) is 0 Å². The monoisotopic (exact) mass is 345 g/mol. The number of nitrogens with one attached hydrogen (secondary N) is 1. The third kappa shape index (κ3) is 4.73. The van der Waals surface area contributed by atoms with Crippen LogP contribution in [0.1, 0.15) is 44.1 Å². The van der Waals surface area contributed by atoms with Crippen LogP contribution in [0.25, 0.3) is 0 Å². The third-order valence-corrected chi connectivity index (χ3v) is 5.74. The van der Waals surface area contributed by atoms with Crippen molar-refractivity contribution in [3.63, 3.8) is 0 Å². The molecule has 2 aliphatic heterocycles. The molecule has 0 saturated carbocycles. The number of ether oxygens (including phenoxy) is 1. The normalized spacial score (nSPS) is 21.0. The topological polar surface area (TPSA) is 67.6 Å². The van der Waals surface area contributed by atoms with E-state index < -0.39 is 0 Å². The first-order valence-corrected chi connectivity index (χ1v) is 9.62. The summed E-state index contributed by atoms with van der Waals surface area (Å²) in [5.41, 5.74) is 7.87. The Morgan fingerprint density at radius 3 is 2.60 bits per heavy atom. The maximum Gasteiger partial charge on any atom is 0.220 e. The Labute approximate surface area is 150 Å². The largest absolute Gasteiger partial charge is 0.399 e. The maximum atomic E-state index is 12.4. The molecule has 0 unspecified atom stereocenters. The number of amides is 1. The molecule has 0 spiro atoms. The van der Waals surface area contributed by atoms with E-state index in [0.717, 1.165) is 56.9 Å². The molecule has 0 radical (unpaired) electrons. The molecule has 5 nitrogen and oxygen atoms in total. The molecule has 0 bridgehead atoms. The van der Waals surface area contributed by atoms with Crippen LogP contribution in [-0.4, -0.2) is 49.2 Å². The lowest BCUT2D eigenvalue weighted by atomic mass is 9.86. The number of likely N-dealkylation sites (tertiary alicyclic amines) is 1. The van der Waals surface area contributed by atoms with Crippen molar-refractivity contribution in [1.82, 2.24) is 10.2 Å². The zero-order chi connectivity index (χ0) is 17.5. The van der Waals surface area contributed by atoms with Gasteiger partial charge in [-0.3, -0.25) is 9.69 Å². The molecule has 2 fully saturated rings. The number of piperidine rings is 1. The number of nitrogen functional groups attached to an aromatic ring is 1. The first kappa shape index (κ1) is 18.2. The number of carbonyl (C=O) groups is 1. The Kier molecular flexibility index (Phi) is 6.32. The van der Waals surface area contributed by atoms with E-state index in [1.54, 1.807) is 0 Å². The van der Waals surface area contributed by atoms with Crippen LogP contribution in [0.4, 0.5) is 5.69 Å². The summed E-state index contributed by atoms with van der Waals surface area (Å²) in [6.07, 6.45) is 7.07. The minimum absolute atomic E-state index is 0.0834. The Bertz CT molecular complexity index is 564. The fraction of sp³-hybridized carbons (Fsp3) is 0.650. The van der Waals surface area contributed by atoms with Crippen molar-refractivity contribution in [2.45, 2.75) is 50.5 Å². The van der Waals surface area contributed by atoms with Crippen LogP contribution in [0.2, 0.25) is 0 Å². The summed E-state index contributed by atoms with van der Waals surface area (Å²) >= 11 is 0. The number of anilines is 1. The van der Waals surface area contributed by atoms with E-state index in [0.29, 0.717) is 12.8 Å². The van der Waals surface area contributed by atoms with Crippen molar-refractivity contribution >= 4 is 11.6 Å². The highest BCUT2D eigenvalue weighted by molar-refractivity contribution is 5.76. The van der Waals surface area contributed by atoms with Gasteiger partial charge in [0.05, 0.1) is 0 Å². The third-order valence-electron chi connectivity index (χ3n) is 5.74. The zero-order valence-corrected chi connectivity index (χ0v) is 15.1. The van der Waals surface area contributed by atoms with E-state index in [4.69, 9.17) is 10.5 Å². The molecule has 0 aromatic heterocycles. The van der Waals surface area contributed by atoms with Crippen LogP contribution in [0, 0.1) is 0 Å². The molecule has 3 N–H and O–H groups in total. The fourth-order valence-corrected chi connectivity index (χ4v) is 4.09. The number of nitrogens with two attached hydrogens (primary N) is 1. The number of rotatable bonds is 6. The second-order valence-electron chi connectivity index (χ2n) is 7.36. The SMILES string of the molecule is Nc1ccccc1CCC(=O)NCC1(N2CCCCC2)CCOCC1. The highest BCUT2D eigenvalue weighted by atomic mass is 16.5. The first-order valence-electron chi connectivity index (χ1n) is 9.62. The van der Waals surface area contributed by atoms with E-state index >= 15 is 0 Å². The summed E-state index contributed by atoms with van der Waals surface area (Å²) in [5, 5.41) is 3.20. The molecule has 1 aromatic rings. The molecular formula is C20H31N3O2. The molecular weight excluding hydrogens is 314 g/mol. The molecule has 25 heavy (non-hydrogen) atoms. The summed E-state index contributed by atoms with van der Waals surface area (Å²) in [7, 11) is 0. The molecule has 1 aromatic carbocycles. The Morgan fingerprint density at radius 1 is 1.16 bits per heavy atom. The van der Waals surface area contributed by atoms with Gasteiger partial charge in [-0.2, -0.15) is 0 Å². The molecule has 2 aliphatic rings. The molecule has 0 aliphatic carbocycles. The van der Waals surface area contributed by atoms with Crippen molar-refractivity contribution in [1.29, 1.82) is 0 Å². The minimum Gasteiger partial charge on any atom is -0.399 e. The standard InChI is InChI=1S/C20H31N3O2/c21-18-7-3-2-6-17(18)8-9-19(24)22-16-20(10-14-25-15-11-20)23-12-4-1-5-13-23/h2-3,6-7H,1,4-5,8-16,21H2,(H,22,24). The van der Waals surface area contributed by atoms with Crippen LogP contribution in [-0.2, 0) is 16.0 Å². The molecule has 1 amide bonds. The van der Waals surface area contributed by atoms with Crippen LogP contribution < -0.4 is 11.1 Å². The summed E-state index contributed by atoms with van der Waals surface area (Å²) in [6.45, 7) is 4.63. The van der Waals surface area contributed by atoms with Gasteiger partial charge in [-0.15, -0.1) is 0 Å². The van der Waals surface area contributed by atoms with Crippen molar-refractivity contribution in [3.8, 4) is 0 Å². The highest BCUT2D eigenvalue weighted by Gasteiger charge is 2.39. The lowest BCUT2D eigenvalue weighted by Gasteiger charge is -2.48. The van der Waals surface area contributed by atoms with Crippen molar-refractivity contribution in [2.24, 2.45) is 0 Å². The smallest absolute Gasteiger partial charge is 0.220 e. The van der Waals surface area contributed by atoms with Crippen LogP contribution in [0.5, 0.6) is 0 Å². The molecule has 2 heterocycles. The first-order chi connectivity index (χ1) is 12.2. The summed E-state index contributed by atoms with van der Waals surface area (Å²) in [4.78, 5) is 15.0. The fourth-order valence-electron chi connectivity index (χ4n) is 4.09. The van der Waals surface area contributed by atoms with E-state index in [9.17, 15) is 4.79 Å². The lowest BCUT2D eigenvalue weighted by Crippen LogP contribution is -2.59. The number of benzene rings is 1. The lowest BCUT2D eigenvalue weighted by molar-refractivity contribution is -0.122. The summed E-state index contributed by atoms with van der Waals surface area (Å²) in [6, 6.07) is 7.78. The maximum absolute atomic E-state index is 12.4. The van der Waals surface area contributed by atoms with Crippen molar-refractivity contribution in [2.75, 3.05) is 38.6 Å². The number of para-hydroxylation sites is 1. The molecule has 3 rings (SSSR count). The number of hydrogen-bond donors (Lipinski definition) is 2. The van der Waals surface area contributed by atoms with Gasteiger partial charge < -0.3 is 15.8 Å². The van der Waals surface area contributed by atoms with Gasteiger partial charge in [-0.05, 0) is 56.8 Å². The van der Waals surface area contributed by atoms with Gasteiger partial charge in [0.2, 0.25) is 5.91 Å². The van der Waals surface area contributed by atoms with E-state index in [-0.39, 0.29) is 11.4 Å². The van der Waals surface area contributed by atoms with Crippen LogP contribution in [0.3, 0.4) is 0 Å². The molecule has 0 atom stereocenters. The van der Waals surface area contributed by atoms with Gasteiger partial charge in [-0.1, -0.05) is 24.6 Å². The quantitative estimate of drug-likeness (QED) is 0.777. The van der Waals surface area contributed by atoms with Crippen molar-refractivity contribution in [3.05, 3.63) is 29.8 Å². The summed E-state index contributed by atoms with van der Waals surface area (Å²) < 4.78 is 5.59. The molecule has 5 heteroatoms. The molecule has 2 saturated heterocycles. The molecule has 138 valence electrons. The Balaban J connectivity index is 1.53. The average Bonchev–Trinajstić information content (AvgIpc) is 2.67. The second-order valence-corrected chi connectivity index (χ2v) is 7.36. The van der Waals surface area contributed by atoms with E-state index in [1.165, 1.54) is 19.3 Å². The minimum atomic E-state index is 0.0834. The Hall–Kier alpha value is -1.59. The van der Waals surface area contributed by atoms with Crippen molar-refractivity contribution < 1.29 is 9.53 Å². The zero-order valence-electron chi connectivity index (χ0n) is 15.1. The second kappa shape index (κ2) is 8.68. The van der Waals surface area contributed by atoms with Gasteiger partial charge >= 0.3 is 0 Å².